The fourth-order valence-electron chi connectivity index (χ4n) is 1.45. The molecule has 2 nitrogen and oxygen atoms in total. The number of thiol groups is 1. The van der Waals surface area contributed by atoms with Crippen molar-refractivity contribution in [2.24, 2.45) is 5.41 Å². The van der Waals surface area contributed by atoms with Gasteiger partial charge in [0, 0.05) is 13.0 Å². The first-order valence-corrected chi connectivity index (χ1v) is 4.63. The average Bonchev–Trinajstić information content (AvgIpc) is 2.27. The van der Waals surface area contributed by atoms with Crippen molar-refractivity contribution in [3.63, 3.8) is 0 Å². The van der Waals surface area contributed by atoms with Crippen molar-refractivity contribution in [2.75, 3.05) is 12.4 Å². The number of nitrogens with zero attached hydrogens (tertiary/aromatic N) is 1. The second-order valence-electron chi connectivity index (χ2n) is 3.57. The quantitative estimate of drug-likeness (QED) is 0.628. The molecule has 3 heteroatoms. The molecule has 1 saturated heterocycles. The van der Waals surface area contributed by atoms with E-state index in [2.05, 4.69) is 26.5 Å². The summed E-state index contributed by atoms with van der Waals surface area (Å²) >= 11 is 4.10. The first-order valence-electron chi connectivity index (χ1n) is 4.00. The van der Waals surface area contributed by atoms with Gasteiger partial charge in [0.15, 0.2) is 0 Å². The first-order chi connectivity index (χ1) is 5.11. The highest BCUT2D eigenvalue weighted by Gasteiger charge is 2.36. The SMILES string of the molecule is CC[C@@]1(C)CC(=O)N(CS)C1. The lowest BCUT2D eigenvalue weighted by Gasteiger charge is -2.20. The fourth-order valence-corrected chi connectivity index (χ4v) is 1.71. The molecule has 0 aromatic carbocycles. The van der Waals surface area contributed by atoms with Gasteiger partial charge in [-0.25, -0.2) is 0 Å². The Morgan fingerprint density at radius 3 is 2.64 bits per heavy atom. The molecule has 1 aliphatic rings. The van der Waals surface area contributed by atoms with E-state index in [-0.39, 0.29) is 11.3 Å². The van der Waals surface area contributed by atoms with E-state index in [1.54, 1.807) is 0 Å². The Hall–Kier alpha value is -0.180. The first kappa shape index (κ1) is 8.91. The minimum absolute atomic E-state index is 0.208. The number of hydrogen-bond acceptors (Lipinski definition) is 2. The molecule has 64 valence electrons. The highest BCUT2D eigenvalue weighted by atomic mass is 32.1. The van der Waals surface area contributed by atoms with Crippen LogP contribution in [0, 0.1) is 5.41 Å². The Balaban J connectivity index is 2.62. The van der Waals surface area contributed by atoms with Crippen molar-refractivity contribution in [2.45, 2.75) is 26.7 Å². The maximum atomic E-state index is 11.3. The molecule has 1 fully saturated rings. The monoisotopic (exact) mass is 173 g/mol. The molecule has 1 atom stereocenters. The van der Waals surface area contributed by atoms with Crippen LogP contribution in [0.5, 0.6) is 0 Å². The molecule has 0 saturated carbocycles. The topological polar surface area (TPSA) is 20.3 Å². The van der Waals surface area contributed by atoms with Crippen molar-refractivity contribution in [1.82, 2.24) is 4.90 Å². The normalized spacial score (nSPS) is 31.5. The van der Waals surface area contributed by atoms with Gasteiger partial charge in [-0.2, -0.15) is 12.6 Å². The zero-order chi connectivity index (χ0) is 8.48. The third-order valence-corrected chi connectivity index (χ3v) is 2.87. The number of carbonyl (C=O) groups excluding carboxylic acids is 1. The van der Waals surface area contributed by atoms with Crippen LogP contribution < -0.4 is 0 Å². The predicted molar refractivity (Wildman–Crippen MR) is 48.6 cm³/mol. The van der Waals surface area contributed by atoms with Crippen LogP contribution in [0.4, 0.5) is 0 Å². The third-order valence-electron chi connectivity index (χ3n) is 2.53. The van der Waals surface area contributed by atoms with Crippen LogP contribution >= 0.6 is 12.6 Å². The molecule has 1 heterocycles. The Kier molecular flexibility index (Phi) is 2.47. The van der Waals surface area contributed by atoms with Crippen molar-refractivity contribution < 1.29 is 4.79 Å². The van der Waals surface area contributed by atoms with E-state index in [0.717, 1.165) is 13.0 Å². The lowest BCUT2D eigenvalue weighted by atomic mass is 9.87. The summed E-state index contributed by atoms with van der Waals surface area (Å²) in [5, 5.41) is 0. The molecular weight excluding hydrogens is 158 g/mol. The summed E-state index contributed by atoms with van der Waals surface area (Å²) in [4.78, 5) is 13.1. The van der Waals surface area contributed by atoms with Gasteiger partial charge in [-0.1, -0.05) is 13.8 Å². The summed E-state index contributed by atoms with van der Waals surface area (Å²) in [6, 6.07) is 0. The average molecular weight is 173 g/mol. The van der Waals surface area contributed by atoms with Crippen LogP contribution in [0.25, 0.3) is 0 Å². The van der Waals surface area contributed by atoms with Gasteiger partial charge in [0.25, 0.3) is 0 Å². The fraction of sp³-hybridized carbons (Fsp3) is 0.875. The zero-order valence-electron chi connectivity index (χ0n) is 7.13. The van der Waals surface area contributed by atoms with E-state index in [1.807, 2.05) is 4.90 Å². The van der Waals surface area contributed by atoms with Crippen LogP contribution in [0.1, 0.15) is 26.7 Å². The number of rotatable bonds is 2. The second kappa shape index (κ2) is 3.05. The van der Waals surface area contributed by atoms with E-state index in [4.69, 9.17) is 0 Å². The highest BCUT2D eigenvalue weighted by Crippen LogP contribution is 2.33. The predicted octanol–water partition coefficient (Wildman–Crippen LogP) is 1.52. The van der Waals surface area contributed by atoms with Crippen LogP contribution in [-0.4, -0.2) is 23.2 Å². The van der Waals surface area contributed by atoms with Gasteiger partial charge in [0.1, 0.15) is 0 Å². The molecule has 1 amide bonds. The van der Waals surface area contributed by atoms with Gasteiger partial charge in [-0.3, -0.25) is 4.79 Å². The van der Waals surface area contributed by atoms with E-state index in [1.165, 1.54) is 0 Å². The Morgan fingerprint density at radius 2 is 2.36 bits per heavy atom. The Labute approximate surface area is 73.4 Å². The summed E-state index contributed by atoms with van der Waals surface area (Å²) in [6.07, 6.45) is 1.77. The van der Waals surface area contributed by atoms with E-state index < -0.39 is 0 Å². The minimum atomic E-state index is 0.208. The zero-order valence-corrected chi connectivity index (χ0v) is 8.03. The highest BCUT2D eigenvalue weighted by molar-refractivity contribution is 7.80. The van der Waals surface area contributed by atoms with Crippen molar-refractivity contribution in [3.8, 4) is 0 Å². The molecule has 0 aliphatic carbocycles. The smallest absolute Gasteiger partial charge is 0.223 e. The molecule has 1 aliphatic heterocycles. The number of hydrogen-bond donors (Lipinski definition) is 1. The molecule has 0 bridgehead atoms. The number of likely N-dealkylation sites (tertiary alicyclic amines) is 1. The van der Waals surface area contributed by atoms with E-state index in [0.29, 0.717) is 12.3 Å². The minimum Gasteiger partial charge on any atom is -0.333 e. The van der Waals surface area contributed by atoms with Gasteiger partial charge in [-0.15, -0.1) is 0 Å². The van der Waals surface area contributed by atoms with Gasteiger partial charge in [0.2, 0.25) is 5.91 Å². The van der Waals surface area contributed by atoms with E-state index >= 15 is 0 Å². The number of carbonyl (C=O) groups is 1. The summed E-state index contributed by atoms with van der Waals surface area (Å²) in [5.41, 5.74) is 0.208. The Morgan fingerprint density at radius 1 is 1.73 bits per heavy atom. The largest absolute Gasteiger partial charge is 0.333 e. The molecule has 0 radical (unpaired) electrons. The van der Waals surface area contributed by atoms with Crippen LogP contribution in [0.2, 0.25) is 0 Å². The standard InChI is InChI=1S/C8H15NOS/c1-3-8(2)4-7(10)9(5-8)6-11/h11H,3-6H2,1-2H3/t8-/m0/s1. The second-order valence-corrected chi connectivity index (χ2v) is 3.86. The van der Waals surface area contributed by atoms with Crippen LogP contribution in [0.3, 0.4) is 0 Å². The van der Waals surface area contributed by atoms with Crippen LogP contribution in [0.15, 0.2) is 0 Å². The lowest BCUT2D eigenvalue weighted by Crippen LogP contribution is -2.25. The summed E-state index contributed by atoms with van der Waals surface area (Å²) < 4.78 is 0. The summed E-state index contributed by atoms with van der Waals surface area (Å²) in [6.45, 7) is 5.18. The summed E-state index contributed by atoms with van der Waals surface area (Å²) in [5.74, 6) is 0.818. The molecule has 1 rings (SSSR count). The Bertz CT molecular complexity index is 171. The van der Waals surface area contributed by atoms with Gasteiger partial charge in [-0.05, 0) is 11.8 Å². The molecule has 0 unspecified atom stereocenters. The maximum Gasteiger partial charge on any atom is 0.223 e. The maximum absolute atomic E-state index is 11.3. The molecule has 0 aromatic heterocycles. The van der Waals surface area contributed by atoms with Gasteiger partial charge >= 0.3 is 0 Å². The van der Waals surface area contributed by atoms with Crippen molar-refractivity contribution >= 4 is 18.5 Å². The molecule has 0 N–H and O–H groups in total. The lowest BCUT2D eigenvalue weighted by molar-refractivity contribution is -0.126. The number of amides is 1. The molecule has 0 aromatic rings. The van der Waals surface area contributed by atoms with Crippen LogP contribution in [-0.2, 0) is 4.79 Å². The molecule has 0 spiro atoms. The van der Waals surface area contributed by atoms with Crippen molar-refractivity contribution in [3.05, 3.63) is 0 Å². The van der Waals surface area contributed by atoms with Gasteiger partial charge in [0.05, 0.1) is 5.88 Å². The third kappa shape index (κ3) is 1.70. The summed E-state index contributed by atoms with van der Waals surface area (Å²) in [7, 11) is 0. The molecule has 11 heavy (non-hydrogen) atoms. The van der Waals surface area contributed by atoms with Crippen molar-refractivity contribution in [1.29, 1.82) is 0 Å². The van der Waals surface area contributed by atoms with Gasteiger partial charge < -0.3 is 4.90 Å². The molecular formula is C8H15NOS. The van der Waals surface area contributed by atoms with E-state index in [9.17, 15) is 4.79 Å².